The summed E-state index contributed by atoms with van der Waals surface area (Å²) < 4.78 is 1.77. The molecule has 0 fully saturated rings. The summed E-state index contributed by atoms with van der Waals surface area (Å²) in [6.07, 6.45) is -0.0218. The van der Waals surface area contributed by atoms with E-state index in [2.05, 4.69) is 5.10 Å². The number of nitrogens with zero attached hydrogens (tertiary/aromatic N) is 2. The van der Waals surface area contributed by atoms with Crippen LogP contribution in [0, 0.1) is 13.8 Å². The van der Waals surface area contributed by atoms with Crippen LogP contribution in [0.5, 0.6) is 0 Å². The van der Waals surface area contributed by atoms with Gasteiger partial charge in [-0.15, -0.1) is 0 Å². The number of aromatic nitrogens is 2. The van der Waals surface area contributed by atoms with E-state index in [9.17, 15) is 4.79 Å². The average molecular weight is 313 g/mol. The number of carboxylic acid groups (broad SMARTS) is 1. The van der Waals surface area contributed by atoms with Crippen LogP contribution in [0.15, 0.2) is 18.2 Å². The van der Waals surface area contributed by atoms with Crippen LogP contribution in [0.1, 0.15) is 22.5 Å². The van der Waals surface area contributed by atoms with Gasteiger partial charge in [-0.1, -0.05) is 29.3 Å². The number of aliphatic carboxylic acids is 1. The average Bonchev–Trinajstić information content (AvgIpc) is 2.60. The summed E-state index contributed by atoms with van der Waals surface area (Å²) >= 11 is 12.0. The van der Waals surface area contributed by atoms with E-state index in [0.717, 1.165) is 22.5 Å². The van der Waals surface area contributed by atoms with E-state index in [1.807, 2.05) is 19.9 Å². The second-order valence-electron chi connectivity index (χ2n) is 4.61. The second kappa shape index (κ2) is 5.85. The van der Waals surface area contributed by atoms with E-state index in [0.29, 0.717) is 16.6 Å². The topological polar surface area (TPSA) is 55.1 Å². The molecule has 1 N–H and O–H groups in total. The van der Waals surface area contributed by atoms with E-state index in [1.54, 1.807) is 16.8 Å². The molecule has 1 heterocycles. The molecule has 0 amide bonds. The smallest absolute Gasteiger partial charge is 0.307 e. The monoisotopic (exact) mass is 312 g/mol. The van der Waals surface area contributed by atoms with Crippen molar-refractivity contribution in [1.82, 2.24) is 9.78 Å². The quantitative estimate of drug-likeness (QED) is 0.940. The first-order valence-corrected chi connectivity index (χ1v) is 6.82. The number of hydrogen-bond donors (Lipinski definition) is 1. The Morgan fingerprint density at radius 3 is 2.65 bits per heavy atom. The molecule has 0 radical (unpaired) electrons. The lowest BCUT2D eigenvalue weighted by Crippen LogP contribution is -2.06. The van der Waals surface area contributed by atoms with Gasteiger partial charge < -0.3 is 5.11 Å². The van der Waals surface area contributed by atoms with Crippen molar-refractivity contribution in [1.29, 1.82) is 0 Å². The maximum absolute atomic E-state index is 10.9. The van der Waals surface area contributed by atoms with Crippen molar-refractivity contribution in [3.8, 4) is 0 Å². The lowest BCUT2D eigenvalue weighted by molar-refractivity contribution is -0.136. The van der Waals surface area contributed by atoms with Gasteiger partial charge in [-0.3, -0.25) is 9.48 Å². The van der Waals surface area contributed by atoms with Gasteiger partial charge >= 0.3 is 5.97 Å². The molecule has 0 aliphatic rings. The van der Waals surface area contributed by atoms with Crippen LogP contribution < -0.4 is 0 Å². The van der Waals surface area contributed by atoms with Crippen molar-refractivity contribution < 1.29 is 9.90 Å². The summed E-state index contributed by atoms with van der Waals surface area (Å²) in [4.78, 5) is 10.9. The zero-order valence-corrected chi connectivity index (χ0v) is 12.7. The molecule has 1 aromatic heterocycles. The first-order valence-electron chi connectivity index (χ1n) is 6.07. The van der Waals surface area contributed by atoms with Gasteiger partial charge in [-0.05, 0) is 31.5 Å². The van der Waals surface area contributed by atoms with Gasteiger partial charge in [-0.2, -0.15) is 5.10 Å². The Balaban J connectivity index is 2.32. The number of aryl methyl sites for hydroxylation is 1. The summed E-state index contributed by atoms with van der Waals surface area (Å²) in [7, 11) is 0. The fraction of sp³-hybridized carbons (Fsp3) is 0.286. The molecular weight excluding hydrogens is 299 g/mol. The van der Waals surface area contributed by atoms with Crippen molar-refractivity contribution in [3.05, 3.63) is 50.8 Å². The number of carboxylic acids is 1. The minimum absolute atomic E-state index is 0.0218. The normalized spacial score (nSPS) is 10.8. The Bertz CT molecular complexity index is 665. The molecule has 2 rings (SSSR count). The maximum atomic E-state index is 10.9. The fourth-order valence-electron chi connectivity index (χ4n) is 2.11. The minimum Gasteiger partial charge on any atom is -0.481 e. The van der Waals surface area contributed by atoms with E-state index in [4.69, 9.17) is 28.3 Å². The van der Waals surface area contributed by atoms with Crippen LogP contribution in [0.4, 0.5) is 0 Å². The van der Waals surface area contributed by atoms with Gasteiger partial charge in [0.15, 0.2) is 0 Å². The summed E-state index contributed by atoms with van der Waals surface area (Å²) in [5, 5.41) is 14.5. The van der Waals surface area contributed by atoms with E-state index < -0.39 is 5.97 Å². The van der Waals surface area contributed by atoms with Crippen molar-refractivity contribution in [3.63, 3.8) is 0 Å². The molecule has 0 unspecified atom stereocenters. The lowest BCUT2D eigenvalue weighted by atomic mass is 10.1. The van der Waals surface area contributed by atoms with Crippen LogP contribution in [-0.2, 0) is 17.8 Å². The molecule has 0 saturated carbocycles. The third-order valence-electron chi connectivity index (χ3n) is 3.19. The Morgan fingerprint density at radius 2 is 2.05 bits per heavy atom. The van der Waals surface area contributed by atoms with Crippen molar-refractivity contribution >= 4 is 29.2 Å². The zero-order chi connectivity index (χ0) is 14.9. The Morgan fingerprint density at radius 1 is 1.35 bits per heavy atom. The van der Waals surface area contributed by atoms with Crippen LogP contribution in [0.2, 0.25) is 10.0 Å². The van der Waals surface area contributed by atoms with Crippen LogP contribution >= 0.6 is 23.2 Å². The third kappa shape index (κ3) is 3.14. The predicted octanol–water partition coefficient (Wildman–Crippen LogP) is 3.48. The molecule has 106 valence electrons. The van der Waals surface area contributed by atoms with E-state index in [1.165, 1.54) is 0 Å². The van der Waals surface area contributed by atoms with Gasteiger partial charge in [0.2, 0.25) is 0 Å². The van der Waals surface area contributed by atoms with Gasteiger partial charge in [0.1, 0.15) is 0 Å². The Hall–Kier alpha value is -1.52. The highest BCUT2D eigenvalue weighted by molar-refractivity contribution is 6.35. The molecule has 0 aliphatic heterocycles. The van der Waals surface area contributed by atoms with E-state index in [-0.39, 0.29) is 6.42 Å². The number of halogens is 2. The SMILES string of the molecule is Cc1nn(Cc2ccc(Cl)cc2Cl)c(C)c1CC(=O)O. The summed E-state index contributed by atoms with van der Waals surface area (Å²) in [5.41, 5.74) is 3.22. The molecule has 0 atom stereocenters. The molecule has 1 aromatic carbocycles. The molecule has 4 nitrogen and oxygen atoms in total. The van der Waals surface area contributed by atoms with E-state index >= 15 is 0 Å². The molecule has 20 heavy (non-hydrogen) atoms. The number of carbonyl (C=O) groups is 1. The highest BCUT2D eigenvalue weighted by Crippen LogP contribution is 2.23. The molecule has 0 saturated heterocycles. The van der Waals surface area contributed by atoms with Crippen LogP contribution in [0.25, 0.3) is 0 Å². The first kappa shape index (κ1) is 14.9. The fourth-order valence-corrected chi connectivity index (χ4v) is 2.57. The van der Waals surface area contributed by atoms with Gasteiger partial charge in [-0.25, -0.2) is 0 Å². The number of hydrogen-bond acceptors (Lipinski definition) is 2. The van der Waals surface area contributed by atoms with Gasteiger partial charge in [0.25, 0.3) is 0 Å². The van der Waals surface area contributed by atoms with Crippen LogP contribution in [0.3, 0.4) is 0 Å². The second-order valence-corrected chi connectivity index (χ2v) is 5.46. The van der Waals surface area contributed by atoms with Gasteiger partial charge in [0, 0.05) is 21.3 Å². The molecule has 0 bridgehead atoms. The zero-order valence-electron chi connectivity index (χ0n) is 11.2. The Labute approximate surface area is 126 Å². The largest absolute Gasteiger partial charge is 0.481 e. The first-order chi connectivity index (χ1) is 9.38. The van der Waals surface area contributed by atoms with Gasteiger partial charge in [0.05, 0.1) is 18.7 Å². The number of benzene rings is 1. The lowest BCUT2D eigenvalue weighted by Gasteiger charge is -2.07. The summed E-state index contributed by atoms with van der Waals surface area (Å²) in [6.45, 7) is 4.16. The molecule has 0 aliphatic carbocycles. The minimum atomic E-state index is -0.861. The highest BCUT2D eigenvalue weighted by Gasteiger charge is 2.15. The highest BCUT2D eigenvalue weighted by atomic mass is 35.5. The number of rotatable bonds is 4. The Kier molecular flexibility index (Phi) is 4.35. The van der Waals surface area contributed by atoms with Crippen molar-refractivity contribution in [2.75, 3.05) is 0 Å². The molecule has 0 spiro atoms. The summed E-state index contributed by atoms with van der Waals surface area (Å²) in [6, 6.07) is 5.30. The predicted molar refractivity (Wildman–Crippen MR) is 78.6 cm³/mol. The third-order valence-corrected chi connectivity index (χ3v) is 3.78. The standard InChI is InChI=1S/C14H14Cl2N2O2/c1-8-12(6-14(19)20)9(2)18(17-8)7-10-3-4-11(15)5-13(10)16/h3-5H,6-7H2,1-2H3,(H,19,20). The molecule has 6 heteroatoms. The molecular formula is C14H14Cl2N2O2. The van der Waals surface area contributed by atoms with Crippen molar-refractivity contribution in [2.24, 2.45) is 0 Å². The maximum Gasteiger partial charge on any atom is 0.307 e. The van der Waals surface area contributed by atoms with Crippen molar-refractivity contribution in [2.45, 2.75) is 26.8 Å². The van der Waals surface area contributed by atoms with Crippen LogP contribution in [-0.4, -0.2) is 20.9 Å². The molecule has 2 aromatic rings. The summed E-state index contributed by atoms with van der Waals surface area (Å²) in [5.74, 6) is -0.861.